The maximum Gasteiger partial charge on any atom is 0.109 e. The molecule has 0 aliphatic heterocycles. The van der Waals surface area contributed by atoms with Crippen LogP contribution in [0.5, 0.6) is 0 Å². The fourth-order valence-electron chi connectivity index (χ4n) is 2.28. The number of benzene rings is 1. The van der Waals surface area contributed by atoms with Gasteiger partial charge in [0.1, 0.15) is 5.82 Å². The third-order valence-electron chi connectivity index (χ3n) is 3.39. The Balaban J connectivity index is 1.53. The highest BCUT2D eigenvalue weighted by Gasteiger charge is 2.00. The van der Waals surface area contributed by atoms with Crippen molar-refractivity contribution in [3.8, 4) is 0 Å². The van der Waals surface area contributed by atoms with E-state index in [1.54, 1.807) is 0 Å². The molecule has 0 radical (unpaired) electrons. The highest BCUT2D eigenvalue weighted by molar-refractivity contribution is 5.79. The summed E-state index contributed by atoms with van der Waals surface area (Å²) in [5, 5.41) is 4.73. The quantitative estimate of drug-likeness (QED) is 0.686. The van der Waals surface area contributed by atoms with E-state index >= 15 is 0 Å². The largest absolute Gasteiger partial charge is 0.361 e. The second kappa shape index (κ2) is 5.28. The SMILES string of the molecule is Cn1ccnc1CCNCc1ccc2[nH]ccc2c1. The Morgan fingerprint density at radius 3 is 3.11 bits per heavy atom. The van der Waals surface area contributed by atoms with Gasteiger partial charge in [-0.15, -0.1) is 0 Å². The summed E-state index contributed by atoms with van der Waals surface area (Å²) in [5.41, 5.74) is 2.50. The molecular formula is C15H18N4. The molecule has 0 unspecified atom stereocenters. The van der Waals surface area contributed by atoms with E-state index < -0.39 is 0 Å². The molecule has 1 aromatic carbocycles. The molecule has 98 valence electrons. The molecule has 4 nitrogen and oxygen atoms in total. The molecule has 0 saturated heterocycles. The van der Waals surface area contributed by atoms with Gasteiger partial charge in [-0.05, 0) is 29.1 Å². The van der Waals surface area contributed by atoms with Crippen LogP contribution in [-0.4, -0.2) is 21.1 Å². The van der Waals surface area contributed by atoms with E-state index in [0.29, 0.717) is 0 Å². The van der Waals surface area contributed by atoms with Gasteiger partial charge in [-0.3, -0.25) is 0 Å². The van der Waals surface area contributed by atoms with Gasteiger partial charge >= 0.3 is 0 Å². The maximum atomic E-state index is 4.31. The van der Waals surface area contributed by atoms with E-state index in [1.165, 1.54) is 16.5 Å². The summed E-state index contributed by atoms with van der Waals surface area (Å²) >= 11 is 0. The fraction of sp³-hybridized carbons (Fsp3) is 0.267. The number of aromatic nitrogens is 3. The third kappa shape index (κ3) is 2.69. The molecule has 0 aliphatic rings. The molecule has 3 aromatic rings. The van der Waals surface area contributed by atoms with Crippen molar-refractivity contribution in [2.75, 3.05) is 6.54 Å². The molecule has 3 rings (SSSR count). The first kappa shape index (κ1) is 12.0. The number of nitrogens with zero attached hydrogens (tertiary/aromatic N) is 2. The van der Waals surface area contributed by atoms with Gasteiger partial charge < -0.3 is 14.9 Å². The van der Waals surface area contributed by atoms with Crippen LogP contribution in [0.4, 0.5) is 0 Å². The number of aromatic amines is 1. The molecule has 0 bridgehead atoms. The van der Waals surface area contributed by atoms with Crippen LogP contribution < -0.4 is 5.32 Å². The van der Waals surface area contributed by atoms with E-state index in [4.69, 9.17) is 0 Å². The lowest BCUT2D eigenvalue weighted by atomic mass is 10.1. The Morgan fingerprint density at radius 1 is 1.32 bits per heavy atom. The normalized spacial score (nSPS) is 11.2. The summed E-state index contributed by atoms with van der Waals surface area (Å²) in [6.07, 6.45) is 6.75. The number of fused-ring (bicyclic) bond motifs is 1. The zero-order valence-corrected chi connectivity index (χ0v) is 11.1. The number of H-pyrrole nitrogens is 1. The van der Waals surface area contributed by atoms with Crippen molar-refractivity contribution in [3.05, 3.63) is 54.2 Å². The molecule has 19 heavy (non-hydrogen) atoms. The van der Waals surface area contributed by atoms with Gasteiger partial charge in [0.15, 0.2) is 0 Å². The van der Waals surface area contributed by atoms with Gasteiger partial charge in [-0.1, -0.05) is 6.07 Å². The lowest BCUT2D eigenvalue weighted by Crippen LogP contribution is -2.18. The van der Waals surface area contributed by atoms with Gasteiger partial charge in [0.05, 0.1) is 0 Å². The molecule has 4 heteroatoms. The molecule has 0 fully saturated rings. The molecule has 0 spiro atoms. The molecule has 2 aromatic heterocycles. The van der Waals surface area contributed by atoms with Gasteiger partial charge in [0.25, 0.3) is 0 Å². The summed E-state index contributed by atoms with van der Waals surface area (Å²) in [7, 11) is 2.03. The number of hydrogen-bond donors (Lipinski definition) is 2. The average molecular weight is 254 g/mol. The van der Waals surface area contributed by atoms with Gasteiger partial charge in [-0.25, -0.2) is 4.98 Å². The zero-order valence-electron chi connectivity index (χ0n) is 11.1. The minimum atomic E-state index is 0.894. The molecule has 0 aliphatic carbocycles. The van der Waals surface area contributed by atoms with Crippen molar-refractivity contribution in [3.63, 3.8) is 0 Å². The van der Waals surface area contributed by atoms with Crippen molar-refractivity contribution in [2.24, 2.45) is 7.05 Å². The third-order valence-corrected chi connectivity index (χ3v) is 3.39. The minimum Gasteiger partial charge on any atom is -0.361 e. The van der Waals surface area contributed by atoms with Crippen LogP contribution in [-0.2, 0) is 20.0 Å². The number of nitrogens with one attached hydrogen (secondary N) is 2. The van der Waals surface area contributed by atoms with Crippen LogP contribution in [0.2, 0.25) is 0 Å². The van der Waals surface area contributed by atoms with Crippen LogP contribution in [0.3, 0.4) is 0 Å². The van der Waals surface area contributed by atoms with Crippen LogP contribution in [0.15, 0.2) is 42.9 Å². The second-order valence-corrected chi connectivity index (χ2v) is 4.78. The van der Waals surface area contributed by atoms with Crippen molar-refractivity contribution in [2.45, 2.75) is 13.0 Å². The highest BCUT2D eigenvalue weighted by atomic mass is 15.0. The van der Waals surface area contributed by atoms with Crippen molar-refractivity contribution in [1.29, 1.82) is 0 Å². The summed E-state index contributed by atoms with van der Waals surface area (Å²) in [5.74, 6) is 1.12. The summed E-state index contributed by atoms with van der Waals surface area (Å²) in [6.45, 7) is 1.83. The number of imidazole rings is 1. The van der Waals surface area contributed by atoms with E-state index in [9.17, 15) is 0 Å². The molecule has 0 saturated carbocycles. The molecule has 0 amide bonds. The Kier molecular flexibility index (Phi) is 3.33. The predicted octanol–water partition coefficient (Wildman–Crippen LogP) is 2.23. The summed E-state index contributed by atoms with van der Waals surface area (Å²) < 4.78 is 2.06. The predicted molar refractivity (Wildman–Crippen MR) is 76.9 cm³/mol. The monoisotopic (exact) mass is 254 g/mol. The van der Waals surface area contributed by atoms with E-state index in [0.717, 1.165) is 25.3 Å². The van der Waals surface area contributed by atoms with Crippen LogP contribution in [0, 0.1) is 0 Å². The van der Waals surface area contributed by atoms with E-state index in [1.807, 2.05) is 25.6 Å². The molecule has 2 N–H and O–H groups in total. The average Bonchev–Trinajstić information content (AvgIpc) is 3.03. The van der Waals surface area contributed by atoms with Crippen molar-refractivity contribution >= 4 is 10.9 Å². The molecular weight excluding hydrogens is 236 g/mol. The smallest absolute Gasteiger partial charge is 0.109 e. The number of hydrogen-bond acceptors (Lipinski definition) is 2. The summed E-state index contributed by atoms with van der Waals surface area (Å²) in [6, 6.07) is 8.62. The maximum absolute atomic E-state index is 4.31. The lowest BCUT2D eigenvalue weighted by Gasteiger charge is -2.05. The molecule has 0 atom stereocenters. The zero-order chi connectivity index (χ0) is 13.1. The van der Waals surface area contributed by atoms with Crippen LogP contribution in [0.1, 0.15) is 11.4 Å². The highest BCUT2D eigenvalue weighted by Crippen LogP contribution is 2.13. The first-order chi connectivity index (χ1) is 9.33. The fourth-order valence-corrected chi connectivity index (χ4v) is 2.28. The number of aryl methyl sites for hydroxylation is 1. The Labute approximate surface area is 112 Å². The van der Waals surface area contributed by atoms with E-state index in [-0.39, 0.29) is 0 Å². The standard InChI is InChI=1S/C15H18N4/c1-19-9-8-18-15(19)5-6-16-11-12-2-3-14-13(10-12)4-7-17-14/h2-4,7-10,16-17H,5-6,11H2,1H3. The first-order valence-corrected chi connectivity index (χ1v) is 6.56. The second-order valence-electron chi connectivity index (χ2n) is 4.78. The van der Waals surface area contributed by atoms with Crippen LogP contribution in [0.25, 0.3) is 10.9 Å². The summed E-state index contributed by atoms with van der Waals surface area (Å²) in [4.78, 5) is 7.52. The lowest BCUT2D eigenvalue weighted by molar-refractivity contribution is 0.655. The minimum absolute atomic E-state index is 0.894. The van der Waals surface area contributed by atoms with E-state index in [2.05, 4.69) is 44.1 Å². The Hall–Kier alpha value is -2.07. The van der Waals surface area contributed by atoms with Gasteiger partial charge in [0.2, 0.25) is 0 Å². The first-order valence-electron chi connectivity index (χ1n) is 6.56. The van der Waals surface area contributed by atoms with Crippen molar-refractivity contribution in [1.82, 2.24) is 19.9 Å². The van der Waals surface area contributed by atoms with Crippen LogP contribution >= 0.6 is 0 Å². The van der Waals surface area contributed by atoms with Gasteiger partial charge in [-0.2, -0.15) is 0 Å². The topological polar surface area (TPSA) is 45.6 Å². The van der Waals surface area contributed by atoms with Gasteiger partial charge in [0, 0.05) is 50.7 Å². The Bertz CT molecular complexity index is 665. The Morgan fingerprint density at radius 2 is 2.26 bits per heavy atom. The van der Waals surface area contributed by atoms with Crippen molar-refractivity contribution < 1.29 is 0 Å². The number of rotatable bonds is 5. The molecule has 2 heterocycles.